The number of aliphatic carboxylic acids is 3. The Balaban J connectivity index is -0.0000000427. The van der Waals surface area contributed by atoms with E-state index in [1.807, 2.05) is 0 Å². The third-order valence-electron chi connectivity index (χ3n) is 0.406. The van der Waals surface area contributed by atoms with Crippen LogP contribution < -0.4 is 29.6 Å². The second kappa shape index (κ2) is 30.2. The topological polar surface area (TPSA) is 190 Å². The molecule has 0 amide bonds. The van der Waals surface area contributed by atoms with Crippen molar-refractivity contribution in [3.63, 3.8) is 0 Å². The van der Waals surface area contributed by atoms with Gasteiger partial charge in [-0.15, -0.1) is 0 Å². The van der Waals surface area contributed by atoms with Gasteiger partial charge in [-0.2, -0.15) is 0 Å². The molecule has 0 aromatic rings. The van der Waals surface area contributed by atoms with Gasteiger partial charge in [-0.25, -0.2) is 14.4 Å². The molecular weight excluding hydrogens is 346 g/mol. The summed E-state index contributed by atoms with van der Waals surface area (Å²) in [6.45, 7) is -2.33. The van der Waals surface area contributed by atoms with Gasteiger partial charge in [-0.1, -0.05) is 0 Å². The fraction of sp³-hybridized carbons (Fsp3) is 0.500. The van der Waals surface area contributed by atoms with E-state index in [0.717, 1.165) is 0 Å². The van der Waals surface area contributed by atoms with E-state index >= 15 is 0 Å². The van der Waals surface area contributed by atoms with Crippen molar-refractivity contribution in [1.29, 1.82) is 0 Å². The summed E-state index contributed by atoms with van der Waals surface area (Å²) >= 11 is 0.300. The van der Waals surface area contributed by atoms with Gasteiger partial charge in [0.2, 0.25) is 0 Å². The van der Waals surface area contributed by atoms with Crippen molar-refractivity contribution in [3.05, 3.63) is 0 Å². The molecule has 0 aliphatic rings. The molecule has 0 bridgehead atoms. The molecular formula is C6H12NaO10Zr+. The fourth-order valence-electron chi connectivity index (χ4n) is 0. The number of carbonyl (C=O) groups is 3. The third-order valence-corrected chi connectivity index (χ3v) is 0.406. The van der Waals surface area contributed by atoms with E-state index in [9.17, 15) is 0 Å². The summed E-state index contributed by atoms with van der Waals surface area (Å²) in [6.07, 6.45) is 0. The van der Waals surface area contributed by atoms with E-state index in [1.165, 1.54) is 0 Å². The second-order valence-electron chi connectivity index (χ2n) is 1.66. The van der Waals surface area contributed by atoms with Gasteiger partial charge >= 0.3 is 75.0 Å². The molecule has 0 spiro atoms. The van der Waals surface area contributed by atoms with E-state index in [-0.39, 0.29) is 29.6 Å². The molecule has 0 saturated heterocycles. The van der Waals surface area contributed by atoms with Crippen LogP contribution in [0.3, 0.4) is 0 Å². The molecule has 0 aliphatic heterocycles. The quantitative estimate of drug-likeness (QED) is 0.265. The first-order valence-electron chi connectivity index (χ1n) is 3.50. The van der Waals surface area contributed by atoms with Crippen LogP contribution in [0, 0.1) is 0 Å². The zero-order chi connectivity index (χ0) is 14.9. The summed E-state index contributed by atoms with van der Waals surface area (Å²) in [5, 5.41) is 45.0. The number of aliphatic hydroxyl groups is 3. The molecule has 0 rings (SSSR count). The van der Waals surface area contributed by atoms with Crippen LogP contribution in [0.5, 0.6) is 0 Å². The molecule has 0 atom stereocenters. The third kappa shape index (κ3) is 100. The Labute approximate surface area is 139 Å². The monoisotopic (exact) mass is 357 g/mol. The Hall–Kier alpha value is -0.0269. The van der Waals surface area contributed by atoms with Gasteiger partial charge in [-0.3, -0.25) is 0 Å². The molecule has 0 saturated carbocycles. The number of carboxylic acids is 3. The van der Waals surface area contributed by atoms with Crippen LogP contribution in [0.25, 0.3) is 0 Å². The number of rotatable bonds is 3. The van der Waals surface area contributed by atoms with Gasteiger partial charge in [-0.05, 0) is 0 Å². The molecule has 0 radical (unpaired) electrons. The standard InChI is InChI=1S/3C2H4O3.Na.O.Zr/c3*3-1-2(4)5;;;/h3*3H,1H2,(H,4,5);;;/q;;;+1;;. The van der Waals surface area contributed by atoms with Crippen molar-refractivity contribution < 1.29 is 102 Å². The van der Waals surface area contributed by atoms with E-state index < -0.39 is 37.7 Å². The summed E-state index contributed by atoms with van der Waals surface area (Å²) < 4.78 is 8.34. The van der Waals surface area contributed by atoms with Crippen LogP contribution in [0.2, 0.25) is 0 Å². The van der Waals surface area contributed by atoms with Gasteiger partial charge in [0.05, 0.1) is 0 Å². The number of hydrogen-bond acceptors (Lipinski definition) is 7. The van der Waals surface area contributed by atoms with E-state index in [1.54, 1.807) is 0 Å². The Kier molecular flexibility index (Phi) is 51.6. The molecule has 18 heavy (non-hydrogen) atoms. The maximum atomic E-state index is 9.12. The predicted molar refractivity (Wildman–Crippen MR) is 44.9 cm³/mol. The molecule has 0 aromatic heterocycles. The van der Waals surface area contributed by atoms with Crippen molar-refractivity contribution in [2.24, 2.45) is 0 Å². The van der Waals surface area contributed by atoms with Crippen LogP contribution in [-0.2, 0) is 41.9 Å². The SMILES string of the molecule is O=C(O)CO.O=C(O)CO.O=C(O)CO.[Na+].[O]=[Zr]. The number of aliphatic hydroxyl groups excluding tert-OH is 3. The molecule has 12 heteroatoms. The van der Waals surface area contributed by atoms with Gasteiger partial charge in [0, 0.05) is 0 Å². The van der Waals surface area contributed by atoms with Crippen LogP contribution in [0.4, 0.5) is 0 Å². The van der Waals surface area contributed by atoms with Crippen molar-refractivity contribution in [2.75, 3.05) is 19.8 Å². The summed E-state index contributed by atoms with van der Waals surface area (Å²) in [5.41, 5.74) is 0. The van der Waals surface area contributed by atoms with Crippen molar-refractivity contribution in [3.8, 4) is 0 Å². The zero-order valence-corrected chi connectivity index (χ0v) is 13.9. The molecule has 10 nitrogen and oxygen atoms in total. The first-order valence-corrected chi connectivity index (χ1v) is 4.50. The first-order chi connectivity index (χ1) is 7.81. The minimum absolute atomic E-state index is 0. The zero-order valence-electron chi connectivity index (χ0n) is 9.44. The number of carboxylic acid groups (broad SMARTS) is 3. The molecule has 0 fully saturated rings. The Morgan fingerprint density at radius 1 is 0.667 bits per heavy atom. The van der Waals surface area contributed by atoms with Gasteiger partial charge in [0.15, 0.2) is 0 Å². The van der Waals surface area contributed by atoms with Gasteiger partial charge < -0.3 is 30.6 Å². The molecule has 0 aromatic carbocycles. The van der Waals surface area contributed by atoms with Crippen molar-refractivity contribution in [1.82, 2.24) is 0 Å². The summed E-state index contributed by atoms with van der Waals surface area (Å²) in [5.74, 6) is -3.57. The predicted octanol–water partition coefficient (Wildman–Crippen LogP) is -5.93. The maximum absolute atomic E-state index is 9.12. The average molecular weight is 358 g/mol. The van der Waals surface area contributed by atoms with E-state index in [4.69, 9.17) is 47.8 Å². The van der Waals surface area contributed by atoms with Gasteiger partial charge in [0.25, 0.3) is 0 Å². The van der Waals surface area contributed by atoms with Crippen LogP contribution in [0.1, 0.15) is 0 Å². The molecule has 6 N–H and O–H groups in total. The molecule has 0 heterocycles. The second-order valence-corrected chi connectivity index (χ2v) is 1.66. The van der Waals surface area contributed by atoms with Crippen LogP contribution in [0.15, 0.2) is 0 Å². The number of hydrogen-bond donors (Lipinski definition) is 6. The average Bonchev–Trinajstić information content (AvgIpc) is 2.32. The first kappa shape index (κ1) is 30.8. The normalized spacial score (nSPS) is 6.33. The van der Waals surface area contributed by atoms with Crippen molar-refractivity contribution in [2.45, 2.75) is 0 Å². The summed E-state index contributed by atoms with van der Waals surface area (Å²) in [7, 11) is 0. The van der Waals surface area contributed by atoms with E-state index in [0.29, 0.717) is 24.7 Å². The van der Waals surface area contributed by atoms with Gasteiger partial charge in [0.1, 0.15) is 19.8 Å². The Bertz CT molecular complexity index is 177. The minimum atomic E-state index is -1.19. The Morgan fingerprint density at radius 3 is 0.722 bits per heavy atom. The summed E-state index contributed by atoms with van der Waals surface area (Å²) in [4.78, 5) is 27.4. The fourth-order valence-corrected chi connectivity index (χ4v) is 0. The van der Waals surface area contributed by atoms with Crippen LogP contribution in [-0.4, -0.2) is 68.4 Å². The summed E-state index contributed by atoms with van der Waals surface area (Å²) in [6, 6.07) is 0. The van der Waals surface area contributed by atoms with E-state index in [2.05, 4.69) is 0 Å². The Morgan fingerprint density at radius 2 is 0.722 bits per heavy atom. The van der Waals surface area contributed by atoms with Crippen molar-refractivity contribution >= 4 is 17.9 Å². The molecule has 0 unspecified atom stereocenters. The molecule has 100 valence electrons. The molecule has 0 aliphatic carbocycles. The van der Waals surface area contributed by atoms with Crippen LogP contribution >= 0.6 is 0 Å².